The molecule has 1 aromatic carbocycles. The van der Waals surface area contributed by atoms with Gasteiger partial charge in [-0.2, -0.15) is 0 Å². The van der Waals surface area contributed by atoms with E-state index < -0.39 is 0 Å². The van der Waals surface area contributed by atoms with Crippen LogP contribution in [-0.2, 0) is 0 Å². The monoisotopic (exact) mass is 292 g/mol. The normalized spacial score (nSPS) is 10.1. The van der Waals surface area contributed by atoms with Gasteiger partial charge in [-0.25, -0.2) is 4.79 Å². The Hall–Kier alpha value is -2.08. The molecular weight excluding hydrogens is 268 g/mol. The number of carbonyl (C=O) groups excluding carboxylic acids is 2. The van der Waals surface area contributed by atoms with Crippen molar-refractivity contribution in [2.45, 2.75) is 6.92 Å². The van der Waals surface area contributed by atoms with E-state index in [2.05, 4.69) is 10.6 Å². The van der Waals surface area contributed by atoms with Gasteiger partial charge in [-0.15, -0.1) is 0 Å². The number of likely N-dealkylation sites (N-methyl/N-ethyl adjacent to an activating group) is 2. The summed E-state index contributed by atoms with van der Waals surface area (Å²) in [5.74, 6) is -0.108. The molecule has 116 valence electrons. The predicted octanol–water partition coefficient (Wildman–Crippen LogP) is 1.38. The Balaban J connectivity index is 3.01. The number of aryl methyl sites for hydroxylation is 1. The number of anilines is 1. The summed E-state index contributed by atoms with van der Waals surface area (Å²) < 4.78 is 0. The highest BCUT2D eigenvalue weighted by Crippen LogP contribution is 2.19. The Bertz CT molecular complexity index is 514. The van der Waals surface area contributed by atoms with Crippen molar-refractivity contribution in [3.05, 3.63) is 29.3 Å². The molecule has 6 heteroatoms. The van der Waals surface area contributed by atoms with Crippen LogP contribution in [0.15, 0.2) is 18.2 Å². The first-order chi connectivity index (χ1) is 9.86. The van der Waals surface area contributed by atoms with E-state index in [1.165, 1.54) is 4.90 Å². The first kappa shape index (κ1) is 17.0. The summed E-state index contributed by atoms with van der Waals surface area (Å²) in [6, 6.07) is 5.17. The third kappa shape index (κ3) is 4.75. The van der Waals surface area contributed by atoms with Gasteiger partial charge >= 0.3 is 6.03 Å². The molecule has 0 bridgehead atoms. The fourth-order valence-electron chi connectivity index (χ4n) is 1.76. The maximum Gasteiger partial charge on any atom is 0.321 e. The van der Waals surface area contributed by atoms with E-state index in [0.717, 1.165) is 5.56 Å². The Morgan fingerprint density at radius 2 is 1.86 bits per heavy atom. The van der Waals surface area contributed by atoms with Crippen LogP contribution in [0.25, 0.3) is 0 Å². The molecule has 1 rings (SSSR count). The number of rotatable bonds is 5. The average Bonchev–Trinajstić information content (AvgIpc) is 2.45. The Morgan fingerprint density at radius 1 is 1.19 bits per heavy atom. The molecule has 2 N–H and O–H groups in total. The maximum atomic E-state index is 12.5. The Kier molecular flexibility index (Phi) is 6.17. The summed E-state index contributed by atoms with van der Waals surface area (Å²) in [5.41, 5.74) is 2.01. The van der Waals surface area contributed by atoms with Gasteiger partial charge in [0.25, 0.3) is 5.91 Å². The third-order valence-electron chi connectivity index (χ3n) is 3.10. The van der Waals surface area contributed by atoms with Crippen LogP contribution in [0.2, 0.25) is 0 Å². The second kappa shape index (κ2) is 7.64. The number of benzene rings is 1. The van der Waals surface area contributed by atoms with Gasteiger partial charge in [0.1, 0.15) is 0 Å². The van der Waals surface area contributed by atoms with Crippen LogP contribution in [-0.4, -0.2) is 63.0 Å². The van der Waals surface area contributed by atoms with Gasteiger partial charge in [0.2, 0.25) is 0 Å². The molecule has 3 amide bonds. The zero-order valence-corrected chi connectivity index (χ0v) is 13.4. The minimum atomic E-state index is -0.259. The first-order valence-corrected chi connectivity index (χ1v) is 6.85. The molecular formula is C15H24N4O2. The van der Waals surface area contributed by atoms with Crippen molar-refractivity contribution >= 4 is 17.6 Å². The van der Waals surface area contributed by atoms with Crippen molar-refractivity contribution in [2.24, 2.45) is 0 Å². The van der Waals surface area contributed by atoms with Crippen LogP contribution in [0.1, 0.15) is 15.9 Å². The topological polar surface area (TPSA) is 64.7 Å². The molecule has 0 heterocycles. The number of hydrogen-bond donors (Lipinski definition) is 2. The van der Waals surface area contributed by atoms with Crippen LogP contribution >= 0.6 is 0 Å². The number of carbonyl (C=O) groups is 2. The standard InChI is InChI=1S/C15H24N4O2/c1-11-6-7-13(17-15(21)18(3)4)12(10-11)14(20)19(5)9-8-16-2/h6-7,10,16H,8-9H2,1-5H3,(H,17,21). The largest absolute Gasteiger partial charge is 0.340 e. The predicted molar refractivity (Wildman–Crippen MR) is 84.8 cm³/mol. The van der Waals surface area contributed by atoms with Crippen LogP contribution < -0.4 is 10.6 Å². The molecule has 0 aliphatic carbocycles. The van der Waals surface area contributed by atoms with Gasteiger partial charge in [-0.3, -0.25) is 4.79 Å². The number of nitrogens with zero attached hydrogens (tertiary/aromatic N) is 2. The van der Waals surface area contributed by atoms with E-state index in [1.54, 1.807) is 38.2 Å². The van der Waals surface area contributed by atoms with E-state index in [4.69, 9.17) is 0 Å². The van der Waals surface area contributed by atoms with Crippen LogP contribution in [0.4, 0.5) is 10.5 Å². The molecule has 21 heavy (non-hydrogen) atoms. The quantitative estimate of drug-likeness (QED) is 0.862. The molecule has 0 aromatic heterocycles. The minimum absolute atomic E-state index is 0.108. The minimum Gasteiger partial charge on any atom is -0.340 e. The van der Waals surface area contributed by atoms with Crippen molar-refractivity contribution < 1.29 is 9.59 Å². The summed E-state index contributed by atoms with van der Waals surface area (Å²) in [4.78, 5) is 27.4. The Morgan fingerprint density at radius 3 is 2.43 bits per heavy atom. The number of hydrogen-bond acceptors (Lipinski definition) is 3. The summed E-state index contributed by atoms with van der Waals surface area (Å²) in [5, 5.41) is 5.76. The lowest BCUT2D eigenvalue weighted by molar-refractivity contribution is 0.0798. The first-order valence-electron chi connectivity index (χ1n) is 6.85. The second-order valence-electron chi connectivity index (χ2n) is 5.20. The molecule has 0 saturated heterocycles. The average molecular weight is 292 g/mol. The van der Waals surface area contributed by atoms with Crippen molar-refractivity contribution in [3.8, 4) is 0 Å². The van der Waals surface area contributed by atoms with Crippen LogP contribution in [0.5, 0.6) is 0 Å². The third-order valence-corrected chi connectivity index (χ3v) is 3.10. The highest BCUT2D eigenvalue weighted by Gasteiger charge is 2.17. The lowest BCUT2D eigenvalue weighted by atomic mass is 10.1. The summed E-state index contributed by atoms with van der Waals surface area (Å²) in [6.45, 7) is 3.24. The lowest BCUT2D eigenvalue weighted by Crippen LogP contribution is -2.34. The van der Waals surface area contributed by atoms with E-state index in [9.17, 15) is 9.59 Å². The van der Waals surface area contributed by atoms with E-state index in [-0.39, 0.29) is 11.9 Å². The van der Waals surface area contributed by atoms with Gasteiger partial charge in [0.05, 0.1) is 11.3 Å². The maximum absolute atomic E-state index is 12.5. The number of urea groups is 1. The summed E-state index contributed by atoms with van der Waals surface area (Å²) >= 11 is 0. The summed E-state index contributed by atoms with van der Waals surface area (Å²) in [7, 11) is 6.90. The zero-order chi connectivity index (χ0) is 16.0. The SMILES string of the molecule is CNCCN(C)C(=O)c1cc(C)ccc1NC(=O)N(C)C. The molecule has 0 saturated carbocycles. The molecule has 0 radical (unpaired) electrons. The van der Waals surface area contributed by atoms with Crippen molar-refractivity contribution in [3.63, 3.8) is 0 Å². The molecule has 0 spiro atoms. The zero-order valence-electron chi connectivity index (χ0n) is 13.4. The van der Waals surface area contributed by atoms with Gasteiger partial charge < -0.3 is 20.4 Å². The highest BCUT2D eigenvalue weighted by atomic mass is 16.2. The van der Waals surface area contributed by atoms with Crippen LogP contribution in [0, 0.1) is 6.92 Å². The van der Waals surface area contributed by atoms with Gasteiger partial charge in [0, 0.05) is 34.2 Å². The fourth-order valence-corrected chi connectivity index (χ4v) is 1.76. The summed E-state index contributed by atoms with van der Waals surface area (Å²) in [6.07, 6.45) is 0. The molecule has 6 nitrogen and oxygen atoms in total. The molecule has 0 aliphatic heterocycles. The van der Waals surface area contributed by atoms with E-state index in [0.29, 0.717) is 24.3 Å². The second-order valence-corrected chi connectivity index (χ2v) is 5.20. The molecule has 0 fully saturated rings. The van der Waals surface area contributed by atoms with Crippen molar-refractivity contribution in [1.29, 1.82) is 0 Å². The van der Waals surface area contributed by atoms with Crippen molar-refractivity contribution in [1.82, 2.24) is 15.1 Å². The smallest absolute Gasteiger partial charge is 0.321 e. The number of nitrogens with one attached hydrogen (secondary N) is 2. The van der Waals surface area contributed by atoms with Gasteiger partial charge in [0.15, 0.2) is 0 Å². The molecule has 0 aliphatic rings. The highest BCUT2D eigenvalue weighted by molar-refractivity contribution is 6.03. The molecule has 1 aromatic rings. The van der Waals surface area contributed by atoms with E-state index >= 15 is 0 Å². The fraction of sp³-hybridized carbons (Fsp3) is 0.467. The molecule has 0 atom stereocenters. The van der Waals surface area contributed by atoms with Crippen LogP contribution in [0.3, 0.4) is 0 Å². The lowest BCUT2D eigenvalue weighted by Gasteiger charge is -2.20. The van der Waals surface area contributed by atoms with Gasteiger partial charge in [-0.05, 0) is 26.1 Å². The number of amides is 3. The van der Waals surface area contributed by atoms with Crippen molar-refractivity contribution in [2.75, 3.05) is 46.6 Å². The van der Waals surface area contributed by atoms with Gasteiger partial charge in [-0.1, -0.05) is 11.6 Å². The molecule has 0 unspecified atom stereocenters. The Labute approximate surface area is 126 Å². The van der Waals surface area contributed by atoms with E-state index in [1.807, 2.05) is 20.0 Å².